The summed E-state index contributed by atoms with van der Waals surface area (Å²) in [7, 11) is 0. The number of phenolic OH excluding ortho intramolecular Hbond substituents is 1. The Labute approximate surface area is 94.0 Å². The average molecular weight is 222 g/mol. The molecule has 1 aromatic rings. The molecular formula is C12H14O4. The minimum Gasteiger partial charge on any atom is -0.504 e. The summed E-state index contributed by atoms with van der Waals surface area (Å²) in [5.41, 5.74) is 0.345. The second-order valence-corrected chi connectivity index (χ2v) is 3.28. The van der Waals surface area contributed by atoms with Gasteiger partial charge >= 0.3 is 5.97 Å². The number of hydrogen-bond donors (Lipinski definition) is 1. The molecule has 0 bridgehead atoms. The third-order valence-corrected chi connectivity index (χ3v) is 1.91. The molecule has 0 atom stereocenters. The molecule has 4 nitrogen and oxygen atoms in total. The Morgan fingerprint density at radius 3 is 2.75 bits per heavy atom. The predicted molar refractivity (Wildman–Crippen MR) is 58.9 cm³/mol. The highest BCUT2D eigenvalue weighted by atomic mass is 17.2. The highest BCUT2D eigenvalue weighted by Gasteiger charge is 2.10. The van der Waals surface area contributed by atoms with E-state index in [9.17, 15) is 9.90 Å². The van der Waals surface area contributed by atoms with Crippen molar-refractivity contribution in [3.05, 3.63) is 36.4 Å². The first-order chi connectivity index (χ1) is 7.65. The minimum atomic E-state index is -0.620. The Balaban J connectivity index is 2.49. The fourth-order valence-corrected chi connectivity index (χ4v) is 1.07. The number of para-hydroxylation sites is 2. The summed E-state index contributed by atoms with van der Waals surface area (Å²) in [6, 6.07) is 6.22. The van der Waals surface area contributed by atoms with E-state index in [0.717, 1.165) is 6.42 Å². The Morgan fingerprint density at radius 1 is 1.44 bits per heavy atom. The van der Waals surface area contributed by atoms with E-state index in [1.54, 1.807) is 12.1 Å². The second-order valence-electron chi connectivity index (χ2n) is 3.28. The van der Waals surface area contributed by atoms with Crippen molar-refractivity contribution in [2.75, 3.05) is 0 Å². The normalized spacial score (nSPS) is 9.56. The largest absolute Gasteiger partial charge is 0.504 e. The van der Waals surface area contributed by atoms with Crippen LogP contribution in [0.2, 0.25) is 0 Å². The van der Waals surface area contributed by atoms with E-state index in [1.807, 2.05) is 6.92 Å². The lowest BCUT2D eigenvalue weighted by Crippen LogP contribution is -2.10. The van der Waals surface area contributed by atoms with Gasteiger partial charge in [0, 0.05) is 5.57 Å². The molecule has 0 unspecified atom stereocenters. The summed E-state index contributed by atoms with van der Waals surface area (Å²) in [4.78, 5) is 20.5. The van der Waals surface area contributed by atoms with Gasteiger partial charge in [-0.15, -0.1) is 0 Å². The number of carbonyl (C=O) groups is 1. The third-order valence-electron chi connectivity index (χ3n) is 1.91. The van der Waals surface area contributed by atoms with E-state index in [4.69, 9.17) is 4.89 Å². The molecule has 0 amide bonds. The Morgan fingerprint density at radius 2 is 2.12 bits per heavy atom. The van der Waals surface area contributed by atoms with Gasteiger partial charge < -0.3 is 5.11 Å². The van der Waals surface area contributed by atoms with Crippen LogP contribution in [0.25, 0.3) is 0 Å². The van der Waals surface area contributed by atoms with Gasteiger partial charge in [-0.25, -0.2) is 9.68 Å². The van der Waals surface area contributed by atoms with Crippen LogP contribution in [0.5, 0.6) is 11.5 Å². The summed E-state index contributed by atoms with van der Waals surface area (Å²) in [5.74, 6) is -0.610. The van der Waals surface area contributed by atoms with Gasteiger partial charge in [0.1, 0.15) is 0 Å². The number of hydrogen-bond acceptors (Lipinski definition) is 4. The SMILES string of the molecule is C=C(CCC)C(=O)OOc1ccccc1O. The van der Waals surface area contributed by atoms with Crippen molar-refractivity contribution in [1.82, 2.24) is 0 Å². The van der Waals surface area contributed by atoms with Crippen LogP contribution in [-0.4, -0.2) is 11.1 Å². The molecule has 0 aliphatic rings. The summed E-state index contributed by atoms with van der Waals surface area (Å²) in [6.07, 6.45) is 1.37. The molecule has 0 radical (unpaired) electrons. The topological polar surface area (TPSA) is 55.8 Å². The van der Waals surface area contributed by atoms with E-state index in [0.29, 0.717) is 12.0 Å². The van der Waals surface area contributed by atoms with Crippen LogP contribution in [0, 0.1) is 0 Å². The van der Waals surface area contributed by atoms with Gasteiger partial charge in [-0.1, -0.05) is 32.1 Å². The van der Waals surface area contributed by atoms with Crippen LogP contribution in [0.3, 0.4) is 0 Å². The zero-order valence-corrected chi connectivity index (χ0v) is 9.10. The zero-order chi connectivity index (χ0) is 12.0. The van der Waals surface area contributed by atoms with Crippen LogP contribution < -0.4 is 4.89 Å². The average Bonchev–Trinajstić information content (AvgIpc) is 2.28. The maximum absolute atomic E-state index is 11.3. The number of carbonyl (C=O) groups excluding carboxylic acids is 1. The third kappa shape index (κ3) is 3.31. The first-order valence-corrected chi connectivity index (χ1v) is 4.99. The molecule has 0 fully saturated rings. The second kappa shape index (κ2) is 5.80. The maximum atomic E-state index is 11.3. The molecule has 0 heterocycles. The van der Waals surface area contributed by atoms with Gasteiger partial charge in [-0.2, -0.15) is 0 Å². The number of benzene rings is 1. The predicted octanol–water partition coefficient (Wildman–Crippen LogP) is 2.59. The van der Waals surface area contributed by atoms with Crippen molar-refractivity contribution >= 4 is 5.97 Å². The van der Waals surface area contributed by atoms with Crippen molar-refractivity contribution in [3.63, 3.8) is 0 Å². The van der Waals surface area contributed by atoms with E-state index in [1.165, 1.54) is 12.1 Å². The molecule has 0 aliphatic heterocycles. The molecule has 1 aromatic carbocycles. The molecule has 0 saturated carbocycles. The number of rotatable bonds is 5. The number of phenols is 1. The lowest BCUT2D eigenvalue weighted by Gasteiger charge is -2.06. The molecular weight excluding hydrogens is 208 g/mol. The Bertz CT molecular complexity index is 384. The van der Waals surface area contributed by atoms with Crippen molar-refractivity contribution < 1.29 is 19.7 Å². The summed E-state index contributed by atoms with van der Waals surface area (Å²) >= 11 is 0. The first kappa shape index (κ1) is 12.1. The van der Waals surface area contributed by atoms with Crippen LogP contribution in [0.1, 0.15) is 19.8 Å². The van der Waals surface area contributed by atoms with Crippen molar-refractivity contribution in [2.45, 2.75) is 19.8 Å². The fourth-order valence-electron chi connectivity index (χ4n) is 1.07. The van der Waals surface area contributed by atoms with E-state index < -0.39 is 5.97 Å². The standard InChI is InChI=1S/C12H14O4/c1-3-6-9(2)12(14)16-15-11-8-5-4-7-10(11)13/h4-5,7-8,13H,2-3,6H2,1H3. The smallest absolute Gasteiger partial charge is 0.381 e. The zero-order valence-electron chi connectivity index (χ0n) is 9.10. The van der Waals surface area contributed by atoms with Crippen molar-refractivity contribution in [2.24, 2.45) is 0 Å². The van der Waals surface area contributed by atoms with E-state index in [2.05, 4.69) is 11.5 Å². The molecule has 0 saturated heterocycles. The van der Waals surface area contributed by atoms with Crippen LogP contribution in [0.4, 0.5) is 0 Å². The van der Waals surface area contributed by atoms with Crippen LogP contribution in [0.15, 0.2) is 36.4 Å². The lowest BCUT2D eigenvalue weighted by atomic mass is 10.2. The van der Waals surface area contributed by atoms with Gasteiger partial charge in [-0.05, 0) is 18.6 Å². The number of aromatic hydroxyl groups is 1. The molecule has 0 aromatic heterocycles. The van der Waals surface area contributed by atoms with Gasteiger partial charge in [0.15, 0.2) is 5.75 Å². The highest BCUT2D eigenvalue weighted by molar-refractivity contribution is 5.87. The molecule has 1 N–H and O–H groups in total. The molecule has 0 aliphatic carbocycles. The minimum absolute atomic E-state index is 0.0867. The highest BCUT2D eigenvalue weighted by Crippen LogP contribution is 2.24. The van der Waals surface area contributed by atoms with Gasteiger partial charge in [0.2, 0.25) is 5.75 Å². The molecule has 86 valence electrons. The van der Waals surface area contributed by atoms with Gasteiger partial charge in [0.05, 0.1) is 0 Å². The van der Waals surface area contributed by atoms with Crippen LogP contribution in [-0.2, 0) is 9.68 Å². The maximum Gasteiger partial charge on any atom is 0.381 e. The summed E-state index contributed by atoms with van der Waals surface area (Å²) < 4.78 is 0. The van der Waals surface area contributed by atoms with Crippen LogP contribution >= 0.6 is 0 Å². The molecule has 4 heteroatoms. The molecule has 1 rings (SSSR count). The molecule has 16 heavy (non-hydrogen) atoms. The van der Waals surface area contributed by atoms with Gasteiger partial charge in [-0.3, -0.25) is 4.89 Å². The fraction of sp³-hybridized carbons (Fsp3) is 0.250. The molecule has 0 spiro atoms. The quantitative estimate of drug-likeness (QED) is 0.472. The first-order valence-electron chi connectivity index (χ1n) is 4.99. The van der Waals surface area contributed by atoms with E-state index in [-0.39, 0.29) is 11.5 Å². The van der Waals surface area contributed by atoms with Crippen molar-refractivity contribution in [1.29, 1.82) is 0 Å². The monoisotopic (exact) mass is 222 g/mol. The lowest BCUT2D eigenvalue weighted by molar-refractivity contribution is -0.209. The Hall–Kier alpha value is -1.97. The Kier molecular flexibility index (Phi) is 4.39. The van der Waals surface area contributed by atoms with E-state index >= 15 is 0 Å². The van der Waals surface area contributed by atoms with Gasteiger partial charge in [0.25, 0.3) is 0 Å². The summed E-state index contributed by atoms with van der Waals surface area (Å²) in [6.45, 7) is 5.49. The van der Waals surface area contributed by atoms with Crippen molar-refractivity contribution in [3.8, 4) is 11.5 Å². The summed E-state index contributed by atoms with van der Waals surface area (Å²) in [5, 5.41) is 9.33.